The number of benzene rings is 1. The van der Waals surface area contributed by atoms with Crippen molar-refractivity contribution in [2.45, 2.75) is 0 Å². The van der Waals surface area contributed by atoms with Crippen LogP contribution in [0.15, 0.2) is 30.6 Å². The third-order valence-corrected chi connectivity index (χ3v) is 4.20. The molecule has 1 aliphatic rings. The molecule has 8 nitrogen and oxygen atoms in total. The predicted molar refractivity (Wildman–Crippen MR) is 93.1 cm³/mol. The quantitative estimate of drug-likeness (QED) is 0.671. The number of likely N-dealkylation sites (N-methyl/N-ethyl adjacent to an activating group) is 1. The molecule has 24 heavy (non-hydrogen) atoms. The summed E-state index contributed by atoms with van der Waals surface area (Å²) in [6.45, 7) is 3.89. The molecular weight excluding hydrogens is 332 g/mol. The van der Waals surface area contributed by atoms with Gasteiger partial charge in [0.05, 0.1) is 15.6 Å². The first kappa shape index (κ1) is 16.4. The molecule has 0 radical (unpaired) electrons. The van der Waals surface area contributed by atoms with Crippen molar-refractivity contribution in [3.05, 3.63) is 45.7 Å². The van der Waals surface area contributed by atoms with Gasteiger partial charge in [0.15, 0.2) is 0 Å². The lowest BCUT2D eigenvalue weighted by molar-refractivity contribution is -0.385. The Kier molecular flexibility index (Phi) is 4.77. The van der Waals surface area contributed by atoms with Crippen molar-refractivity contribution < 1.29 is 4.92 Å². The van der Waals surface area contributed by atoms with Gasteiger partial charge in [-0.15, -0.1) is 0 Å². The van der Waals surface area contributed by atoms with E-state index >= 15 is 0 Å². The second-order valence-corrected chi connectivity index (χ2v) is 6.01. The number of nitrogens with one attached hydrogen (secondary N) is 1. The molecular formula is C15H17ClN6O2. The van der Waals surface area contributed by atoms with Crippen molar-refractivity contribution in [3.63, 3.8) is 0 Å². The molecule has 1 aromatic heterocycles. The van der Waals surface area contributed by atoms with E-state index in [0.29, 0.717) is 5.02 Å². The number of piperazine rings is 1. The van der Waals surface area contributed by atoms with Crippen LogP contribution in [0.4, 0.5) is 23.0 Å². The number of anilines is 3. The summed E-state index contributed by atoms with van der Waals surface area (Å²) in [5.41, 5.74) is 1.58. The molecule has 1 fully saturated rings. The molecule has 0 bridgehead atoms. The Balaban J connectivity index is 1.71. The van der Waals surface area contributed by atoms with Gasteiger partial charge in [-0.1, -0.05) is 11.6 Å². The van der Waals surface area contributed by atoms with Crippen LogP contribution in [0.2, 0.25) is 5.02 Å². The number of hydrogen-bond acceptors (Lipinski definition) is 7. The number of halogens is 1. The topological polar surface area (TPSA) is 87.4 Å². The van der Waals surface area contributed by atoms with Crippen molar-refractivity contribution in [2.24, 2.45) is 0 Å². The molecule has 0 atom stereocenters. The Morgan fingerprint density at radius 1 is 1.21 bits per heavy atom. The minimum Gasteiger partial charge on any atom is -0.368 e. The zero-order valence-corrected chi connectivity index (χ0v) is 13.9. The van der Waals surface area contributed by atoms with Crippen LogP contribution in [0.1, 0.15) is 0 Å². The lowest BCUT2D eigenvalue weighted by Crippen LogP contribution is -2.44. The van der Waals surface area contributed by atoms with Gasteiger partial charge in [-0.25, -0.2) is 9.97 Å². The van der Waals surface area contributed by atoms with Gasteiger partial charge in [-0.3, -0.25) is 10.1 Å². The second-order valence-electron chi connectivity index (χ2n) is 5.60. The van der Waals surface area contributed by atoms with E-state index in [1.165, 1.54) is 0 Å². The predicted octanol–water partition coefficient (Wildman–Crippen LogP) is 2.53. The van der Waals surface area contributed by atoms with E-state index in [1.807, 2.05) is 12.1 Å². The van der Waals surface area contributed by atoms with E-state index in [2.05, 4.69) is 32.1 Å². The molecule has 126 valence electrons. The summed E-state index contributed by atoms with van der Waals surface area (Å²) in [7, 11) is 2.11. The Hall–Kier alpha value is -2.45. The Morgan fingerprint density at radius 3 is 2.46 bits per heavy atom. The van der Waals surface area contributed by atoms with E-state index in [9.17, 15) is 10.1 Å². The van der Waals surface area contributed by atoms with Gasteiger partial charge in [-0.2, -0.15) is 0 Å². The minimum atomic E-state index is -0.536. The van der Waals surface area contributed by atoms with Gasteiger partial charge in [0.2, 0.25) is 5.95 Å². The molecule has 2 heterocycles. The first-order valence-corrected chi connectivity index (χ1v) is 7.87. The maximum Gasteiger partial charge on any atom is 0.305 e. The van der Waals surface area contributed by atoms with Crippen molar-refractivity contribution in [3.8, 4) is 0 Å². The van der Waals surface area contributed by atoms with E-state index in [-0.39, 0.29) is 11.6 Å². The van der Waals surface area contributed by atoms with Gasteiger partial charge in [0.1, 0.15) is 12.4 Å². The van der Waals surface area contributed by atoms with Crippen molar-refractivity contribution in [1.29, 1.82) is 0 Å². The molecule has 9 heteroatoms. The fourth-order valence-corrected chi connectivity index (χ4v) is 2.80. The summed E-state index contributed by atoms with van der Waals surface area (Å²) < 4.78 is 0. The largest absolute Gasteiger partial charge is 0.368 e. The van der Waals surface area contributed by atoms with Crippen LogP contribution in [0.3, 0.4) is 0 Å². The van der Waals surface area contributed by atoms with Gasteiger partial charge >= 0.3 is 5.69 Å². The summed E-state index contributed by atoms with van der Waals surface area (Å²) >= 11 is 6.41. The normalized spacial score (nSPS) is 15.3. The summed E-state index contributed by atoms with van der Waals surface area (Å²) in [4.78, 5) is 22.5. The Bertz CT molecular complexity index is 731. The highest BCUT2D eigenvalue weighted by Crippen LogP contribution is 2.30. The fourth-order valence-electron chi connectivity index (χ4n) is 2.50. The highest BCUT2D eigenvalue weighted by Gasteiger charge is 2.17. The average molecular weight is 349 g/mol. The van der Waals surface area contributed by atoms with E-state index < -0.39 is 4.92 Å². The molecule has 0 spiro atoms. The molecule has 0 saturated carbocycles. The second kappa shape index (κ2) is 6.98. The van der Waals surface area contributed by atoms with E-state index in [4.69, 9.17) is 11.6 Å². The van der Waals surface area contributed by atoms with Gasteiger partial charge in [0.25, 0.3) is 0 Å². The Morgan fingerprint density at radius 2 is 1.88 bits per heavy atom. The summed E-state index contributed by atoms with van der Waals surface area (Å²) in [6, 6.07) is 5.66. The van der Waals surface area contributed by atoms with Gasteiger partial charge in [-0.05, 0) is 25.2 Å². The number of nitrogens with zero attached hydrogens (tertiary/aromatic N) is 5. The van der Waals surface area contributed by atoms with Crippen LogP contribution in [0, 0.1) is 10.1 Å². The van der Waals surface area contributed by atoms with Gasteiger partial charge in [0, 0.05) is 31.9 Å². The summed E-state index contributed by atoms with van der Waals surface area (Å²) in [5, 5.41) is 14.2. The number of rotatable bonds is 4. The number of nitro groups is 1. The van der Waals surface area contributed by atoms with Crippen LogP contribution in [0.5, 0.6) is 0 Å². The third kappa shape index (κ3) is 3.72. The first-order chi connectivity index (χ1) is 11.5. The smallest absolute Gasteiger partial charge is 0.305 e. The zero-order valence-electron chi connectivity index (χ0n) is 13.1. The zero-order chi connectivity index (χ0) is 17.1. The van der Waals surface area contributed by atoms with E-state index in [0.717, 1.165) is 49.9 Å². The highest BCUT2D eigenvalue weighted by atomic mass is 35.5. The van der Waals surface area contributed by atoms with Crippen molar-refractivity contribution in [1.82, 2.24) is 14.9 Å². The standard InChI is InChI=1S/C15H17ClN6O2/c1-20-4-6-21(7-5-20)14-3-2-11(8-13(14)16)19-15-17-9-12(10-18-15)22(23)24/h2-3,8-10H,4-7H2,1H3,(H,17,18,19). The highest BCUT2D eigenvalue weighted by molar-refractivity contribution is 6.33. The maximum absolute atomic E-state index is 10.6. The lowest BCUT2D eigenvalue weighted by atomic mass is 10.2. The molecule has 0 amide bonds. The lowest BCUT2D eigenvalue weighted by Gasteiger charge is -2.34. The van der Waals surface area contributed by atoms with Crippen LogP contribution in [-0.4, -0.2) is 53.0 Å². The summed E-state index contributed by atoms with van der Waals surface area (Å²) in [5.74, 6) is 0.281. The third-order valence-electron chi connectivity index (χ3n) is 3.90. The van der Waals surface area contributed by atoms with Gasteiger partial charge < -0.3 is 15.1 Å². The molecule has 2 aromatic rings. The Labute approximate surface area is 144 Å². The number of hydrogen-bond donors (Lipinski definition) is 1. The summed E-state index contributed by atoms with van der Waals surface area (Å²) in [6.07, 6.45) is 2.32. The van der Waals surface area contributed by atoms with Crippen LogP contribution >= 0.6 is 11.6 Å². The fraction of sp³-hybridized carbons (Fsp3) is 0.333. The van der Waals surface area contributed by atoms with Crippen LogP contribution in [0.25, 0.3) is 0 Å². The molecule has 0 unspecified atom stereocenters. The van der Waals surface area contributed by atoms with Crippen LogP contribution < -0.4 is 10.2 Å². The van der Waals surface area contributed by atoms with Crippen molar-refractivity contribution >= 4 is 34.6 Å². The SMILES string of the molecule is CN1CCN(c2ccc(Nc3ncc([N+](=O)[O-])cn3)cc2Cl)CC1. The van der Waals surface area contributed by atoms with E-state index in [1.54, 1.807) is 6.07 Å². The van der Waals surface area contributed by atoms with Crippen molar-refractivity contribution in [2.75, 3.05) is 43.4 Å². The molecule has 1 aliphatic heterocycles. The molecule has 3 rings (SSSR count). The van der Waals surface area contributed by atoms with Crippen LogP contribution in [-0.2, 0) is 0 Å². The maximum atomic E-state index is 10.6. The first-order valence-electron chi connectivity index (χ1n) is 7.49. The molecule has 1 saturated heterocycles. The molecule has 1 N–H and O–H groups in total. The number of aromatic nitrogens is 2. The molecule has 1 aromatic carbocycles. The minimum absolute atomic E-state index is 0.149. The monoisotopic (exact) mass is 348 g/mol. The molecule has 0 aliphatic carbocycles. The average Bonchev–Trinajstić information content (AvgIpc) is 2.57.